The third-order valence-electron chi connectivity index (χ3n) is 4.01. The second kappa shape index (κ2) is 7.48. The number of hydrogen-bond donors (Lipinski definition) is 3. The van der Waals surface area contributed by atoms with Crippen molar-refractivity contribution in [1.29, 1.82) is 0 Å². The molecule has 3 N–H and O–H groups in total. The number of nitrogens with one attached hydrogen (secondary N) is 2. The van der Waals surface area contributed by atoms with Crippen LogP contribution < -0.4 is 10.1 Å². The predicted molar refractivity (Wildman–Crippen MR) is 97.5 cm³/mol. The first-order valence-electron chi connectivity index (χ1n) is 8.04. The Morgan fingerprint density at radius 3 is 2.32 bits per heavy atom. The zero-order valence-electron chi connectivity index (χ0n) is 14.6. The van der Waals surface area contributed by atoms with Crippen LogP contribution >= 0.6 is 0 Å². The minimum absolute atomic E-state index is 0.174. The highest BCUT2D eigenvalue weighted by Gasteiger charge is 2.35. The summed E-state index contributed by atoms with van der Waals surface area (Å²) in [6.07, 6.45) is 0. The van der Waals surface area contributed by atoms with Gasteiger partial charge in [-0.25, -0.2) is 10.0 Å². The molecule has 0 saturated heterocycles. The smallest absolute Gasteiger partial charge is 0.276 e. The lowest BCUT2D eigenvalue weighted by Gasteiger charge is -2.14. The molecule has 0 aromatic heterocycles. The van der Waals surface area contributed by atoms with Crippen LogP contribution in [-0.2, 0) is 10.0 Å². The van der Waals surface area contributed by atoms with E-state index in [0.717, 1.165) is 11.0 Å². The van der Waals surface area contributed by atoms with Gasteiger partial charge in [-0.15, -0.1) is 0 Å². The van der Waals surface area contributed by atoms with Gasteiger partial charge in [0.2, 0.25) is 0 Å². The van der Waals surface area contributed by atoms with Crippen molar-refractivity contribution in [1.82, 2.24) is 9.73 Å². The second-order valence-corrected chi connectivity index (χ2v) is 7.68. The maximum absolute atomic E-state index is 12.3. The van der Waals surface area contributed by atoms with Crippen LogP contribution in [0.5, 0.6) is 0 Å². The van der Waals surface area contributed by atoms with Gasteiger partial charge >= 0.3 is 0 Å². The number of benzene rings is 2. The summed E-state index contributed by atoms with van der Waals surface area (Å²) in [5, 5.41) is 22.4. The van der Waals surface area contributed by atoms with E-state index < -0.39 is 27.1 Å². The van der Waals surface area contributed by atoms with Crippen molar-refractivity contribution in [2.75, 3.05) is 6.54 Å². The summed E-state index contributed by atoms with van der Waals surface area (Å²) in [5.74, 6) is -0.959. The molecular weight excluding hydrogens is 388 g/mol. The number of hydrogen-bond acceptors (Lipinski definition) is 7. The van der Waals surface area contributed by atoms with E-state index >= 15 is 0 Å². The van der Waals surface area contributed by atoms with Crippen molar-refractivity contribution in [3.63, 3.8) is 0 Å². The van der Waals surface area contributed by atoms with Crippen LogP contribution in [0.25, 0.3) is 0 Å². The minimum Gasteiger partial charge on any atom is -0.595 e. The van der Waals surface area contributed by atoms with Gasteiger partial charge in [-0.3, -0.25) is 14.5 Å². The first-order chi connectivity index (χ1) is 13.2. The number of sulfonamides is 1. The van der Waals surface area contributed by atoms with Gasteiger partial charge in [0.05, 0.1) is 28.3 Å². The number of imide groups is 1. The maximum Gasteiger partial charge on any atom is 0.276 e. The van der Waals surface area contributed by atoms with E-state index in [9.17, 15) is 23.2 Å². The van der Waals surface area contributed by atoms with Crippen molar-refractivity contribution in [2.45, 2.75) is 11.8 Å². The number of amides is 2. The molecule has 0 fully saturated rings. The van der Waals surface area contributed by atoms with Gasteiger partial charge in [0.1, 0.15) is 0 Å². The van der Waals surface area contributed by atoms with Crippen molar-refractivity contribution in [3.05, 3.63) is 64.9 Å². The molecule has 0 radical (unpaired) electrons. The van der Waals surface area contributed by atoms with Gasteiger partial charge in [-0.2, -0.15) is 18.7 Å². The Bertz CT molecular complexity index is 1050. The molecular formula is C17H16N4O6S. The van der Waals surface area contributed by atoms with Crippen LogP contribution in [0.3, 0.4) is 0 Å². The molecule has 2 amide bonds. The topological polar surface area (TPSA) is 144 Å². The largest absolute Gasteiger partial charge is 0.595 e. The molecule has 10 nitrogen and oxygen atoms in total. The Morgan fingerprint density at radius 2 is 1.75 bits per heavy atom. The summed E-state index contributed by atoms with van der Waals surface area (Å²) in [5.41, 5.74) is 0.555. The van der Waals surface area contributed by atoms with Crippen molar-refractivity contribution in [2.24, 2.45) is 5.10 Å². The molecule has 1 atom stereocenters. The molecule has 3 rings (SSSR count). The number of nitrogens with zero attached hydrogens (tertiary/aromatic N) is 2. The number of carbonyl (C=O) groups excluding carboxylic acids is 2. The highest BCUT2D eigenvalue weighted by atomic mass is 32.2. The Morgan fingerprint density at radius 1 is 1.14 bits per heavy atom. The Labute approximate surface area is 160 Å². The first kappa shape index (κ1) is 19.6. The van der Waals surface area contributed by atoms with Crippen molar-refractivity contribution < 1.29 is 28.4 Å². The Hall–Kier alpha value is -3.12. The molecule has 11 heteroatoms. The molecule has 1 aliphatic heterocycles. The van der Waals surface area contributed by atoms with E-state index in [-0.39, 0.29) is 34.0 Å². The fourth-order valence-electron chi connectivity index (χ4n) is 2.63. The third kappa shape index (κ3) is 3.77. The Balaban J connectivity index is 1.74. The molecule has 146 valence electrons. The number of rotatable bonds is 6. The first-order valence-corrected chi connectivity index (χ1v) is 9.52. The average Bonchev–Trinajstić information content (AvgIpc) is 2.92. The van der Waals surface area contributed by atoms with Crippen molar-refractivity contribution in [3.8, 4) is 0 Å². The SMILES string of the molecule is C/C(CN1C(=O)c2ccccc2C1=O)=N/NS(=O)(=O)c1cccc([NH+]([O-])O)c1. The summed E-state index contributed by atoms with van der Waals surface area (Å²) >= 11 is 0. The number of fused-ring (bicyclic) bond motifs is 1. The fourth-order valence-corrected chi connectivity index (χ4v) is 3.56. The highest BCUT2D eigenvalue weighted by Crippen LogP contribution is 2.22. The van der Waals surface area contributed by atoms with Gasteiger partial charge in [-0.05, 0) is 25.1 Å². The maximum atomic E-state index is 12.3. The van der Waals surface area contributed by atoms with Crippen LogP contribution in [0, 0.1) is 5.21 Å². The highest BCUT2D eigenvalue weighted by molar-refractivity contribution is 7.89. The van der Waals surface area contributed by atoms with E-state index in [1.54, 1.807) is 24.3 Å². The summed E-state index contributed by atoms with van der Waals surface area (Å²) in [7, 11) is -4.11. The number of quaternary nitrogens is 1. The monoisotopic (exact) mass is 404 g/mol. The van der Waals surface area contributed by atoms with Gasteiger partial charge in [0.25, 0.3) is 21.8 Å². The molecule has 1 aliphatic rings. The molecule has 1 heterocycles. The average molecular weight is 404 g/mol. The molecule has 0 aliphatic carbocycles. The summed E-state index contributed by atoms with van der Waals surface area (Å²) in [6, 6.07) is 11.2. The molecule has 28 heavy (non-hydrogen) atoms. The zero-order chi connectivity index (χ0) is 20.5. The number of hydrazone groups is 1. The van der Waals surface area contributed by atoms with E-state index in [2.05, 4.69) is 5.10 Å². The third-order valence-corrected chi connectivity index (χ3v) is 5.22. The second-order valence-electron chi connectivity index (χ2n) is 6.02. The van der Waals surface area contributed by atoms with Crippen LogP contribution in [0.4, 0.5) is 5.69 Å². The van der Waals surface area contributed by atoms with E-state index in [4.69, 9.17) is 5.21 Å². The van der Waals surface area contributed by atoms with E-state index in [1.165, 1.54) is 25.1 Å². The minimum atomic E-state index is -4.11. The zero-order valence-corrected chi connectivity index (χ0v) is 15.4. The molecule has 1 unspecified atom stereocenters. The van der Waals surface area contributed by atoms with Gasteiger partial charge < -0.3 is 5.21 Å². The lowest BCUT2D eigenvalue weighted by molar-refractivity contribution is -0.991. The normalized spacial score (nSPS) is 15.5. The summed E-state index contributed by atoms with van der Waals surface area (Å²) in [6.45, 7) is 1.27. The predicted octanol–water partition coefficient (Wildman–Crippen LogP) is 0.0404. The van der Waals surface area contributed by atoms with Crippen LogP contribution in [0.15, 0.2) is 58.5 Å². The quantitative estimate of drug-likeness (QED) is 0.352. The fraction of sp³-hybridized carbons (Fsp3) is 0.118. The lowest BCUT2D eigenvalue weighted by Crippen LogP contribution is -2.99. The molecule has 0 saturated carbocycles. The van der Waals surface area contributed by atoms with Gasteiger partial charge in [0, 0.05) is 12.1 Å². The van der Waals surface area contributed by atoms with Crippen LogP contribution in [0.2, 0.25) is 0 Å². The Kier molecular flexibility index (Phi) is 5.25. The van der Waals surface area contributed by atoms with Gasteiger partial charge in [-0.1, -0.05) is 18.2 Å². The van der Waals surface area contributed by atoms with Crippen molar-refractivity contribution >= 4 is 33.2 Å². The molecule has 2 aromatic carbocycles. The van der Waals surface area contributed by atoms with Crippen LogP contribution in [0.1, 0.15) is 27.6 Å². The van der Waals surface area contributed by atoms with Crippen LogP contribution in [-0.4, -0.2) is 42.6 Å². The van der Waals surface area contributed by atoms with E-state index in [1.807, 2.05) is 4.83 Å². The van der Waals surface area contributed by atoms with E-state index in [0.29, 0.717) is 0 Å². The number of carbonyl (C=O) groups is 2. The summed E-state index contributed by atoms with van der Waals surface area (Å²) in [4.78, 5) is 27.3. The van der Waals surface area contributed by atoms with Gasteiger partial charge in [0.15, 0.2) is 5.69 Å². The molecule has 0 bridgehead atoms. The standard InChI is InChI=1S/C17H16N4O6S/c1-11(10-20-16(22)14-7-2-3-8-15(14)17(20)23)18-19-28(26,27)13-6-4-5-12(9-13)21(24)25/h2-9,19,21,24H,10H2,1H3/b18-11-. The molecule has 0 spiro atoms. The lowest BCUT2D eigenvalue weighted by atomic mass is 10.1. The summed E-state index contributed by atoms with van der Waals surface area (Å²) < 4.78 is 24.6. The molecule has 2 aromatic rings.